The van der Waals surface area contributed by atoms with E-state index >= 15 is 0 Å². The van der Waals surface area contributed by atoms with Crippen molar-refractivity contribution in [3.63, 3.8) is 0 Å². The Hall–Kier alpha value is -2.36. The number of nitrogens with one attached hydrogen (secondary N) is 2. The molecule has 0 unspecified atom stereocenters. The lowest BCUT2D eigenvalue weighted by Crippen LogP contribution is -2.25. The molecule has 0 radical (unpaired) electrons. The maximum Gasteiger partial charge on any atom is 0.252 e. The molecule has 0 aliphatic rings. The van der Waals surface area contributed by atoms with Gasteiger partial charge in [0.2, 0.25) is 0 Å². The highest BCUT2D eigenvalue weighted by atomic mass is 16.1. The van der Waals surface area contributed by atoms with Crippen LogP contribution in [0.2, 0.25) is 0 Å². The number of hydrogen-bond acceptors (Lipinski definition) is 3. The van der Waals surface area contributed by atoms with Gasteiger partial charge in [0.25, 0.3) is 5.91 Å². The summed E-state index contributed by atoms with van der Waals surface area (Å²) >= 11 is 0. The number of benzene rings is 1. The van der Waals surface area contributed by atoms with E-state index in [2.05, 4.69) is 29.5 Å². The Labute approximate surface area is 125 Å². The molecule has 0 saturated carbocycles. The van der Waals surface area contributed by atoms with Gasteiger partial charge in [0.05, 0.1) is 17.4 Å². The number of aromatic nitrogens is 1. The second kappa shape index (κ2) is 7.43. The van der Waals surface area contributed by atoms with E-state index in [0.29, 0.717) is 18.0 Å². The highest BCUT2D eigenvalue weighted by Gasteiger charge is 2.07. The zero-order valence-corrected chi connectivity index (χ0v) is 12.5. The van der Waals surface area contributed by atoms with Crippen molar-refractivity contribution in [2.45, 2.75) is 20.3 Å². The molecule has 0 spiro atoms. The van der Waals surface area contributed by atoms with Gasteiger partial charge in [-0.3, -0.25) is 9.78 Å². The summed E-state index contributed by atoms with van der Waals surface area (Å²) in [5.74, 6) is 0.495. The minimum atomic E-state index is -0.0835. The van der Waals surface area contributed by atoms with Crippen LogP contribution in [0.15, 0.2) is 48.8 Å². The quantitative estimate of drug-likeness (QED) is 0.851. The molecule has 0 fully saturated rings. The summed E-state index contributed by atoms with van der Waals surface area (Å²) in [6.07, 6.45) is 4.26. The predicted molar refractivity (Wildman–Crippen MR) is 85.7 cm³/mol. The molecule has 0 aliphatic heterocycles. The summed E-state index contributed by atoms with van der Waals surface area (Å²) in [7, 11) is 0. The molecule has 1 aromatic heterocycles. The highest BCUT2D eigenvalue weighted by Crippen LogP contribution is 2.16. The van der Waals surface area contributed by atoms with Gasteiger partial charge in [-0.2, -0.15) is 0 Å². The highest BCUT2D eigenvalue weighted by molar-refractivity contribution is 5.94. The van der Waals surface area contributed by atoms with Gasteiger partial charge in [0.15, 0.2) is 0 Å². The van der Waals surface area contributed by atoms with Crippen molar-refractivity contribution in [2.75, 3.05) is 11.9 Å². The Bertz CT molecular complexity index is 582. The summed E-state index contributed by atoms with van der Waals surface area (Å²) in [5.41, 5.74) is 2.34. The maximum absolute atomic E-state index is 12.1. The van der Waals surface area contributed by atoms with Crippen molar-refractivity contribution in [3.8, 4) is 0 Å². The van der Waals surface area contributed by atoms with Gasteiger partial charge in [-0.05, 0) is 30.5 Å². The standard InChI is InChI=1S/C17H21N3O/c1-13(2)8-9-19-17(21)14-10-16(12-18-11-14)20-15-6-4-3-5-7-15/h3-7,10-13,20H,8-9H2,1-2H3,(H,19,21). The number of carbonyl (C=O) groups is 1. The Morgan fingerprint density at radius 1 is 1.14 bits per heavy atom. The topological polar surface area (TPSA) is 54.0 Å². The number of pyridine rings is 1. The van der Waals surface area contributed by atoms with E-state index in [1.807, 2.05) is 36.4 Å². The largest absolute Gasteiger partial charge is 0.354 e. The van der Waals surface area contributed by atoms with Crippen LogP contribution >= 0.6 is 0 Å². The molecular formula is C17H21N3O. The van der Waals surface area contributed by atoms with Crippen LogP contribution in [0.25, 0.3) is 0 Å². The first-order valence-corrected chi connectivity index (χ1v) is 7.20. The third-order valence-electron chi connectivity index (χ3n) is 3.07. The van der Waals surface area contributed by atoms with E-state index in [-0.39, 0.29) is 5.91 Å². The third-order valence-corrected chi connectivity index (χ3v) is 3.07. The molecule has 1 aromatic carbocycles. The minimum absolute atomic E-state index is 0.0835. The Kier molecular flexibility index (Phi) is 5.32. The SMILES string of the molecule is CC(C)CCNC(=O)c1cncc(Nc2ccccc2)c1. The summed E-state index contributed by atoms with van der Waals surface area (Å²) in [5, 5.41) is 6.15. The van der Waals surface area contributed by atoms with Gasteiger partial charge in [0, 0.05) is 18.4 Å². The van der Waals surface area contributed by atoms with Crippen LogP contribution in [0.4, 0.5) is 11.4 Å². The second-order valence-electron chi connectivity index (χ2n) is 5.39. The molecule has 2 N–H and O–H groups in total. The van der Waals surface area contributed by atoms with Crippen molar-refractivity contribution in [2.24, 2.45) is 5.92 Å². The molecule has 0 atom stereocenters. The third kappa shape index (κ3) is 4.91. The van der Waals surface area contributed by atoms with E-state index in [1.165, 1.54) is 0 Å². The molecule has 2 aromatic rings. The molecule has 4 heteroatoms. The van der Waals surface area contributed by atoms with Crippen LogP contribution in [-0.2, 0) is 0 Å². The zero-order valence-electron chi connectivity index (χ0n) is 12.5. The van der Waals surface area contributed by atoms with Crippen molar-refractivity contribution < 1.29 is 4.79 Å². The van der Waals surface area contributed by atoms with Crippen LogP contribution in [-0.4, -0.2) is 17.4 Å². The van der Waals surface area contributed by atoms with Crippen molar-refractivity contribution in [3.05, 3.63) is 54.4 Å². The number of nitrogens with zero attached hydrogens (tertiary/aromatic N) is 1. The Morgan fingerprint density at radius 3 is 2.62 bits per heavy atom. The van der Waals surface area contributed by atoms with Crippen LogP contribution in [0.1, 0.15) is 30.6 Å². The molecule has 21 heavy (non-hydrogen) atoms. The second-order valence-corrected chi connectivity index (χ2v) is 5.39. The van der Waals surface area contributed by atoms with E-state index in [0.717, 1.165) is 17.8 Å². The number of para-hydroxylation sites is 1. The fourth-order valence-corrected chi connectivity index (χ4v) is 1.90. The first kappa shape index (κ1) is 15.0. The van der Waals surface area contributed by atoms with Gasteiger partial charge in [-0.1, -0.05) is 32.0 Å². The first-order valence-electron chi connectivity index (χ1n) is 7.20. The predicted octanol–water partition coefficient (Wildman–Crippen LogP) is 3.60. The molecule has 2 rings (SSSR count). The fourth-order valence-electron chi connectivity index (χ4n) is 1.90. The molecule has 0 aliphatic carbocycles. The van der Waals surface area contributed by atoms with Crippen LogP contribution in [0, 0.1) is 5.92 Å². The van der Waals surface area contributed by atoms with E-state index in [9.17, 15) is 4.79 Å². The maximum atomic E-state index is 12.1. The molecule has 0 bridgehead atoms. The van der Waals surface area contributed by atoms with Crippen molar-refractivity contribution >= 4 is 17.3 Å². The molecule has 1 heterocycles. The average Bonchev–Trinajstić information content (AvgIpc) is 2.48. The monoisotopic (exact) mass is 283 g/mol. The van der Waals surface area contributed by atoms with Crippen LogP contribution < -0.4 is 10.6 Å². The van der Waals surface area contributed by atoms with E-state index < -0.39 is 0 Å². The van der Waals surface area contributed by atoms with E-state index in [1.54, 1.807) is 12.4 Å². The number of anilines is 2. The van der Waals surface area contributed by atoms with Gasteiger partial charge >= 0.3 is 0 Å². The lowest BCUT2D eigenvalue weighted by atomic mass is 10.1. The minimum Gasteiger partial charge on any atom is -0.354 e. The lowest BCUT2D eigenvalue weighted by Gasteiger charge is -2.09. The first-order chi connectivity index (χ1) is 10.1. The summed E-state index contributed by atoms with van der Waals surface area (Å²) < 4.78 is 0. The fraction of sp³-hybridized carbons (Fsp3) is 0.294. The van der Waals surface area contributed by atoms with Gasteiger partial charge in [-0.15, -0.1) is 0 Å². The molecular weight excluding hydrogens is 262 g/mol. The van der Waals surface area contributed by atoms with Crippen molar-refractivity contribution in [1.29, 1.82) is 0 Å². The summed E-state index contributed by atoms with van der Waals surface area (Å²) in [6, 6.07) is 11.6. The Balaban J connectivity index is 1.98. The van der Waals surface area contributed by atoms with Crippen LogP contribution in [0.5, 0.6) is 0 Å². The zero-order chi connectivity index (χ0) is 15.1. The van der Waals surface area contributed by atoms with Gasteiger partial charge in [-0.25, -0.2) is 0 Å². The summed E-state index contributed by atoms with van der Waals surface area (Å²) in [4.78, 5) is 16.2. The normalized spacial score (nSPS) is 10.4. The van der Waals surface area contributed by atoms with E-state index in [4.69, 9.17) is 0 Å². The molecule has 4 nitrogen and oxygen atoms in total. The van der Waals surface area contributed by atoms with Crippen LogP contribution in [0.3, 0.4) is 0 Å². The average molecular weight is 283 g/mol. The Morgan fingerprint density at radius 2 is 1.90 bits per heavy atom. The van der Waals surface area contributed by atoms with Crippen molar-refractivity contribution in [1.82, 2.24) is 10.3 Å². The smallest absolute Gasteiger partial charge is 0.252 e. The molecule has 1 amide bonds. The number of rotatable bonds is 6. The number of hydrogen-bond donors (Lipinski definition) is 2. The number of amides is 1. The number of carbonyl (C=O) groups excluding carboxylic acids is 1. The lowest BCUT2D eigenvalue weighted by molar-refractivity contribution is 0.0951. The molecule has 0 saturated heterocycles. The summed E-state index contributed by atoms with van der Waals surface area (Å²) in [6.45, 7) is 4.96. The van der Waals surface area contributed by atoms with Gasteiger partial charge in [0.1, 0.15) is 0 Å². The molecule has 110 valence electrons. The van der Waals surface area contributed by atoms with Gasteiger partial charge < -0.3 is 10.6 Å².